The van der Waals surface area contributed by atoms with Crippen molar-refractivity contribution in [3.63, 3.8) is 0 Å². The van der Waals surface area contributed by atoms with E-state index >= 15 is 0 Å². The van der Waals surface area contributed by atoms with Crippen molar-refractivity contribution in [2.24, 2.45) is 0 Å². The Morgan fingerprint density at radius 3 is 2.50 bits per heavy atom. The summed E-state index contributed by atoms with van der Waals surface area (Å²) in [5.41, 5.74) is 0.243. The van der Waals surface area contributed by atoms with Crippen molar-refractivity contribution < 1.29 is 9.31 Å². The molecule has 4 nitrogen and oxygen atoms in total. The second kappa shape index (κ2) is 5.80. The molecule has 1 aliphatic rings. The van der Waals surface area contributed by atoms with Crippen LogP contribution in [0.4, 0.5) is 15.8 Å². The normalized spacial score (nSPS) is 17.2. The highest BCUT2D eigenvalue weighted by molar-refractivity contribution is 5.61. The number of rotatable bonds is 3. The standard InChI is InChI=1S/C13H17FN2O2/c14-10-7-8-12(13(9-10)16(17)18)15-11-5-3-1-2-4-6-11/h7-9,11,15H,1-6H2. The first-order chi connectivity index (χ1) is 8.66. The summed E-state index contributed by atoms with van der Waals surface area (Å²) in [4.78, 5) is 10.3. The van der Waals surface area contributed by atoms with E-state index in [1.54, 1.807) is 0 Å². The molecule has 98 valence electrons. The fourth-order valence-electron chi connectivity index (χ4n) is 2.42. The molecule has 1 N–H and O–H groups in total. The number of hydrogen-bond donors (Lipinski definition) is 1. The van der Waals surface area contributed by atoms with Crippen LogP contribution in [0.3, 0.4) is 0 Å². The minimum absolute atomic E-state index is 0.181. The molecule has 2 rings (SSSR count). The molecule has 18 heavy (non-hydrogen) atoms. The number of benzene rings is 1. The smallest absolute Gasteiger partial charge is 0.295 e. The van der Waals surface area contributed by atoms with Gasteiger partial charge in [0.2, 0.25) is 0 Å². The largest absolute Gasteiger partial charge is 0.377 e. The first-order valence-electron chi connectivity index (χ1n) is 6.37. The number of nitro groups is 1. The highest BCUT2D eigenvalue weighted by Crippen LogP contribution is 2.28. The maximum atomic E-state index is 13.0. The third kappa shape index (κ3) is 3.18. The lowest BCUT2D eigenvalue weighted by molar-refractivity contribution is -0.384. The van der Waals surface area contributed by atoms with Crippen molar-refractivity contribution in [2.45, 2.75) is 44.6 Å². The summed E-state index contributed by atoms with van der Waals surface area (Å²) in [6.45, 7) is 0. The van der Waals surface area contributed by atoms with Crippen molar-refractivity contribution in [1.29, 1.82) is 0 Å². The van der Waals surface area contributed by atoms with Gasteiger partial charge >= 0.3 is 0 Å². The van der Waals surface area contributed by atoms with Crippen LogP contribution in [0.5, 0.6) is 0 Å². The molecule has 0 aliphatic heterocycles. The maximum absolute atomic E-state index is 13.0. The Morgan fingerprint density at radius 1 is 1.22 bits per heavy atom. The van der Waals surface area contributed by atoms with Crippen molar-refractivity contribution in [1.82, 2.24) is 0 Å². The number of nitro benzene ring substituents is 1. The molecule has 0 saturated heterocycles. The SMILES string of the molecule is O=[N+]([O-])c1cc(F)ccc1NC1CCCCCC1. The quantitative estimate of drug-likeness (QED) is 0.504. The van der Waals surface area contributed by atoms with Crippen LogP contribution in [0.1, 0.15) is 38.5 Å². The van der Waals surface area contributed by atoms with E-state index in [-0.39, 0.29) is 11.7 Å². The van der Waals surface area contributed by atoms with Gasteiger partial charge in [0.05, 0.1) is 11.0 Å². The van der Waals surface area contributed by atoms with E-state index in [9.17, 15) is 14.5 Å². The highest BCUT2D eigenvalue weighted by Gasteiger charge is 2.19. The van der Waals surface area contributed by atoms with Crippen LogP contribution in [0.15, 0.2) is 18.2 Å². The van der Waals surface area contributed by atoms with E-state index < -0.39 is 10.7 Å². The second-order valence-corrected chi connectivity index (χ2v) is 4.75. The van der Waals surface area contributed by atoms with Crippen molar-refractivity contribution in [3.8, 4) is 0 Å². The van der Waals surface area contributed by atoms with Gasteiger partial charge in [-0.25, -0.2) is 4.39 Å². The van der Waals surface area contributed by atoms with Crippen molar-refractivity contribution in [2.75, 3.05) is 5.32 Å². The summed E-state index contributed by atoms with van der Waals surface area (Å²) in [5, 5.41) is 14.1. The summed E-state index contributed by atoms with van der Waals surface area (Å²) in [7, 11) is 0. The van der Waals surface area contributed by atoms with E-state index in [4.69, 9.17) is 0 Å². The Bertz CT molecular complexity index is 429. The second-order valence-electron chi connectivity index (χ2n) is 4.75. The summed E-state index contributed by atoms with van der Waals surface area (Å²) in [6, 6.07) is 3.94. The Morgan fingerprint density at radius 2 is 1.89 bits per heavy atom. The van der Waals surface area contributed by atoms with Crippen LogP contribution in [0, 0.1) is 15.9 Å². The van der Waals surface area contributed by atoms with Crippen LogP contribution in [0.2, 0.25) is 0 Å². The minimum atomic E-state index is -0.576. The number of anilines is 1. The van der Waals surface area contributed by atoms with E-state index in [0.717, 1.165) is 31.7 Å². The van der Waals surface area contributed by atoms with Gasteiger partial charge in [0, 0.05) is 6.04 Å². The molecule has 1 fully saturated rings. The summed E-state index contributed by atoms with van der Waals surface area (Å²) in [6.07, 6.45) is 6.79. The first kappa shape index (κ1) is 12.8. The fourth-order valence-corrected chi connectivity index (χ4v) is 2.42. The van der Waals surface area contributed by atoms with E-state index in [0.29, 0.717) is 5.69 Å². The molecule has 1 aromatic rings. The predicted molar refractivity (Wildman–Crippen MR) is 68.2 cm³/mol. The van der Waals surface area contributed by atoms with Gasteiger partial charge in [-0.2, -0.15) is 0 Å². The number of halogens is 1. The van der Waals surface area contributed by atoms with Crippen LogP contribution in [0.25, 0.3) is 0 Å². The van der Waals surface area contributed by atoms with Crippen molar-refractivity contribution in [3.05, 3.63) is 34.1 Å². The average Bonchev–Trinajstić information content (AvgIpc) is 2.60. The monoisotopic (exact) mass is 252 g/mol. The molecule has 0 spiro atoms. The number of hydrogen-bond acceptors (Lipinski definition) is 3. The summed E-state index contributed by atoms with van der Waals surface area (Å²) < 4.78 is 13.0. The Hall–Kier alpha value is -1.65. The molecular weight excluding hydrogens is 235 g/mol. The van der Waals surface area contributed by atoms with Gasteiger partial charge in [-0.1, -0.05) is 25.7 Å². The molecular formula is C13H17FN2O2. The van der Waals surface area contributed by atoms with Gasteiger partial charge in [-0.3, -0.25) is 10.1 Å². The molecule has 0 unspecified atom stereocenters. The third-order valence-electron chi connectivity index (χ3n) is 3.37. The highest BCUT2D eigenvalue weighted by atomic mass is 19.1. The van der Waals surface area contributed by atoms with Gasteiger partial charge in [0.15, 0.2) is 0 Å². The van der Waals surface area contributed by atoms with E-state index in [1.165, 1.54) is 25.0 Å². The Kier molecular flexibility index (Phi) is 4.12. The molecule has 1 saturated carbocycles. The van der Waals surface area contributed by atoms with Gasteiger partial charge in [0.1, 0.15) is 11.5 Å². The molecule has 0 bridgehead atoms. The average molecular weight is 252 g/mol. The third-order valence-corrected chi connectivity index (χ3v) is 3.37. The van der Waals surface area contributed by atoms with Crippen LogP contribution in [-0.2, 0) is 0 Å². The lowest BCUT2D eigenvalue weighted by atomic mass is 10.1. The first-order valence-corrected chi connectivity index (χ1v) is 6.37. The zero-order valence-corrected chi connectivity index (χ0v) is 10.2. The molecule has 0 amide bonds. The molecule has 1 aromatic carbocycles. The molecule has 1 aliphatic carbocycles. The summed E-state index contributed by atoms with van der Waals surface area (Å²) in [5.74, 6) is -0.576. The Balaban J connectivity index is 2.14. The minimum Gasteiger partial charge on any atom is -0.377 e. The lowest BCUT2D eigenvalue weighted by Gasteiger charge is -2.17. The number of nitrogens with one attached hydrogen (secondary N) is 1. The molecule has 0 aromatic heterocycles. The molecule has 5 heteroatoms. The lowest BCUT2D eigenvalue weighted by Crippen LogP contribution is -2.19. The molecule has 0 radical (unpaired) electrons. The fraction of sp³-hybridized carbons (Fsp3) is 0.538. The van der Waals surface area contributed by atoms with Gasteiger partial charge in [-0.15, -0.1) is 0 Å². The van der Waals surface area contributed by atoms with Gasteiger partial charge in [-0.05, 0) is 25.0 Å². The van der Waals surface area contributed by atoms with Gasteiger partial charge in [0.25, 0.3) is 5.69 Å². The van der Waals surface area contributed by atoms with Crippen molar-refractivity contribution >= 4 is 11.4 Å². The van der Waals surface area contributed by atoms with E-state index in [2.05, 4.69) is 5.32 Å². The predicted octanol–water partition coefficient (Wildman–Crippen LogP) is 3.87. The topological polar surface area (TPSA) is 55.2 Å². The number of nitrogens with zero attached hydrogens (tertiary/aromatic N) is 1. The molecule has 0 atom stereocenters. The summed E-state index contributed by atoms with van der Waals surface area (Å²) >= 11 is 0. The molecule has 0 heterocycles. The Labute approximate surface area is 105 Å². The van der Waals surface area contributed by atoms with Crippen LogP contribution < -0.4 is 5.32 Å². The van der Waals surface area contributed by atoms with E-state index in [1.807, 2.05) is 0 Å². The maximum Gasteiger partial charge on any atom is 0.295 e. The zero-order valence-electron chi connectivity index (χ0n) is 10.2. The zero-order chi connectivity index (χ0) is 13.0. The van der Waals surface area contributed by atoms with Crippen LogP contribution >= 0.6 is 0 Å². The van der Waals surface area contributed by atoms with Crippen LogP contribution in [-0.4, -0.2) is 11.0 Å². The van der Waals surface area contributed by atoms with Gasteiger partial charge < -0.3 is 5.32 Å².